The molecule has 0 aliphatic carbocycles. The van der Waals surface area contributed by atoms with Crippen molar-refractivity contribution < 1.29 is 27.5 Å². The normalized spacial score (nSPS) is 24.0. The average Bonchev–Trinajstić information content (AvgIpc) is 2.61. The van der Waals surface area contributed by atoms with Gasteiger partial charge >= 0.3 is 160 Å². The monoisotopic (exact) mass is 435 g/mol. The van der Waals surface area contributed by atoms with Gasteiger partial charge in [0.2, 0.25) is 0 Å². The van der Waals surface area contributed by atoms with Gasteiger partial charge in [-0.15, -0.1) is 0 Å². The molecule has 0 saturated heterocycles. The first-order valence-corrected chi connectivity index (χ1v) is 13.8. The zero-order chi connectivity index (χ0) is 19.5. The Morgan fingerprint density at radius 3 is 1.88 bits per heavy atom. The Morgan fingerprint density at radius 2 is 1.42 bits per heavy atom. The van der Waals surface area contributed by atoms with Crippen molar-refractivity contribution in [2.24, 2.45) is 4.52 Å². The molecular formula is C14H36N3O6P3. The third-order valence-corrected chi connectivity index (χ3v) is 12.6. The Balaban J connectivity index is 3.58. The van der Waals surface area contributed by atoms with Gasteiger partial charge in [-0.1, -0.05) is 0 Å². The Labute approximate surface area is 160 Å². The van der Waals surface area contributed by atoms with Crippen molar-refractivity contribution in [1.29, 1.82) is 0 Å². The fraction of sp³-hybridized carbons (Fsp3) is 1.00. The summed E-state index contributed by atoms with van der Waals surface area (Å²) < 4.78 is 37.2. The summed E-state index contributed by atoms with van der Waals surface area (Å²) in [6.45, 7) is 14.2. The minimum atomic E-state index is -4.05. The predicted octanol–water partition coefficient (Wildman–Crippen LogP) is 5.39. The number of nitrogens with one attached hydrogen (secondary N) is 1. The molecule has 0 bridgehead atoms. The van der Waals surface area contributed by atoms with Crippen LogP contribution in [0.25, 0.3) is 0 Å². The van der Waals surface area contributed by atoms with Gasteiger partial charge in [-0.2, -0.15) is 0 Å². The first-order valence-electron chi connectivity index (χ1n) is 9.37. The van der Waals surface area contributed by atoms with Crippen molar-refractivity contribution in [3.05, 3.63) is 0 Å². The van der Waals surface area contributed by atoms with Gasteiger partial charge < -0.3 is 0 Å². The van der Waals surface area contributed by atoms with Crippen LogP contribution in [0.5, 0.6) is 0 Å². The maximum atomic E-state index is 6.34. The van der Waals surface area contributed by atoms with Crippen molar-refractivity contribution >= 4 is 24.1 Å². The fourth-order valence-corrected chi connectivity index (χ4v) is 12.5. The molecule has 26 heavy (non-hydrogen) atoms. The van der Waals surface area contributed by atoms with Crippen LogP contribution in [0.4, 0.5) is 0 Å². The van der Waals surface area contributed by atoms with Crippen LogP contribution in [-0.4, -0.2) is 44.2 Å². The van der Waals surface area contributed by atoms with Gasteiger partial charge in [0, 0.05) is 0 Å². The average molecular weight is 435 g/mol. The van der Waals surface area contributed by atoms with E-state index >= 15 is 0 Å². The molecule has 1 heterocycles. The molecule has 0 radical (unpaired) electrons. The maximum absolute atomic E-state index is 6.34. The molecular weight excluding hydrogens is 399 g/mol. The minimum absolute atomic E-state index is 0.0471. The van der Waals surface area contributed by atoms with Crippen molar-refractivity contribution in [1.82, 2.24) is 9.46 Å². The summed E-state index contributed by atoms with van der Waals surface area (Å²) in [7, 11) is -7.05. The zero-order valence-corrected chi connectivity index (χ0v) is 19.7. The van der Waals surface area contributed by atoms with Crippen LogP contribution in [-0.2, 0) is 27.5 Å². The van der Waals surface area contributed by atoms with Crippen LogP contribution in [0, 0.1) is 0 Å². The Bertz CT molecular complexity index is 455. The van der Waals surface area contributed by atoms with Crippen LogP contribution in [0.15, 0.2) is 4.52 Å². The van der Waals surface area contributed by atoms with Gasteiger partial charge in [-0.05, 0) is 0 Å². The second kappa shape index (κ2) is 11.7. The van der Waals surface area contributed by atoms with Gasteiger partial charge in [0.1, 0.15) is 0 Å². The van der Waals surface area contributed by atoms with Gasteiger partial charge in [-0.3, -0.25) is 0 Å². The zero-order valence-electron chi connectivity index (χ0n) is 16.9. The van der Waals surface area contributed by atoms with Crippen LogP contribution in [0.2, 0.25) is 0 Å². The standard InChI is InChI=1S/C14H36N3O6P3/c1-7-13-18-17-25(19-9-3,20-10-4)15-24-16-26(17,21-11-5,22-12-6)23-14-8-2/h16,24H,7-14H2,1-6H3. The van der Waals surface area contributed by atoms with Crippen molar-refractivity contribution in [3.63, 3.8) is 0 Å². The molecule has 1 aliphatic heterocycles. The summed E-state index contributed by atoms with van der Waals surface area (Å²) in [5, 5.41) is 0. The van der Waals surface area contributed by atoms with E-state index in [4.69, 9.17) is 27.5 Å². The third-order valence-electron chi connectivity index (χ3n) is 3.17. The molecule has 0 aromatic rings. The number of hydrogen-bond donors (Lipinski definition) is 1. The molecule has 0 aromatic heterocycles. The molecule has 1 aliphatic rings. The second-order valence-corrected chi connectivity index (χ2v) is 12.2. The predicted molar refractivity (Wildman–Crippen MR) is 109 cm³/mol. The molecule has 0 fully saturated rings. The molecule has 0 amide bonds. The Morgan fingerprint density at radius 1 is 0.846 bits per heavy atom. The Hall–Kier alpha value is 0.770. The fourth-order valence-electron chi connectivity index (χ4n) is 2.39. The molecule has 158 valence electrons. The van der Waals surface area contributed by atoms with E-state index in [0.29, 0.717) is 39.6 Å². The Kier molecular flexibility index (Phi) is 11.2. The van der Waals surface area contributed by atoms with Crippen molar-refractivity contribution in [2.45, 2.75) is 54.4 Å². The molecule has 1 unspecified atom stereocenters. The van der Waals surface area contributed by atoms with Gasteiger partial charge in [0.25, 0.3) is 0 Å². The van der Waals surface area contributed by atoms with Gasteiger partial charge in [-0.25, -0.2) is 0 Å². The first-order chi connectivity index (χ1) is 12.5. The van der Waals surface area contributed by atoms with Gasteiger partial charge in [0.15, 0.2) is 0 Å². The number of rotatable bonds is 14. The molecule has 1 N–H and O–H groups in total. The van der Waals surface area contributed by atoms with Crippen molar-refractivity contribution in [3.8, 4) is 0 Å². The van der Waals surface area contributed by atoms with E-state index in [1.807, 2.05) is 41.5 Å². The van der Waals surface area contributed by atoms with Crippen LogP contribution < -0.4 is 4.86 Å². The molecule has 12 heteroatoms. The molecule has 9 nitrogen and oxygen atoms in total. The first kappa shape index (κ1) is 24.8. The third kappa shape index (κ3) is 5.22. The molecule has 0 saturated carbocycles. The van der Waals surface area contributed by atoms with E-state index in [0.717, 1.165) is 12.8 Å². The summed E-state index contributed by atoms with van der Waals surface area (Å²) in [4.78, 5) is 9.45. The summed E-state index contributed by atoms with van der Waals surface area (Å²) in [6, 6.07) is 0. The summed E-state index contributed by atoms with van der Waals surface area (Å²) in [5.41, 5.74) is 0. The van der Waals surface area contributed by atoms with Gasteiger partial charge in [0.05, 0.1) is 0 Å². The van der Waals surface area contributed by atoms with Crippen molar-refractivity contribution in [2.75, 3.05) is 39.6 Å². The number of nitrogens with zero attached hydrogens (tertiary/aromatic N) is 2. The van der Waals surface area contributed by atoms with Crippen LogP contribution >= 0.6 is 24.1 Å². The van der Waals surface area contributed by atoms with E-state index < -0.39 is 15.2 Å². The van der Waals surface area contributed by atoms with E-state index in [2.05, 4.69) is 9.37 Å². The molecule has 1 rings (SSSR count). The summed E-state index contributed by atoms with van der Waals surface area (Å²) >= 11 is 0. The van der Waals surface area contributed by atoms with Crippen LogP contribution in [0.1, 0.15) is 54.4 Å². The number of hydrogen-bond acceptors (Lipinski definition) is 9. The van der Waals surface area contributed by atoms with Crippen LogP contribution in [0.3, 0.4) is 0 Å². The van der Waals surface area contributed by atoms with E-state index in [1.165, 1.54) is 0 Å². The topological polar surface area (TPSA) is 83.0 Å². The summed E-state index contributed by atoms with van der Waals surface area (Å²) in [6.07, 6.45) is 1.60. The molecule has 1 atom stereocenters. The summed E-state index contributed by atoms with van der Waals surface area (Å²) in [5.74, 6) is 0. The second-order valence-electron chi connectivity index (χ2n) is 5.25. The molecule has 0 aromatic carbocycles. The van der Waals surface area contributed by atoms with E-state index in [-0.39, 0.29) is 8.88 Å². The SMILES string of the molecule is CCCON1P(OCC)(OCC)=NPNP1(OCC)(OCC)OCCC. The van der Waals surface area contributed by atoms with E-state index in [9.17, 15) is 0 Å². The molecule has 0 spiro atoms. The van der Waals surface area contributed by atoms with E-state index in [1.54, 1.807) is 4.60 Å². The quantitative estimate of drug-likeness (QED) is 0.364.